The van der Waals surface area contributed by atoms with Gasteiger partial charge in [-0.15, -0.1) is 0 Å². The Morgan fingerprint density at radius 3 is 2.20 bits per heavy atom. The van der Waals surface area contributed by atoms with Gasteiger partial charge < -0.3 is 15.5 Å². The number of unbranched alkanes of at least 4 members (excludes halogenated alkanes) is 2. The lowest BCUT2D eigenvalue weighted by atomic mass is 9.86. The van der Waals surface area contributed by atoms with Crippen molar-refractivity contribution in [1.82, 2.24) is 0 Å². The van der Waals surface area contributed by atoms with Gasteiger partial charge in [0.2, 0.25) is 5.91 Å². The average Bonchev–Trinajstić information content (AvgIpc) is 2.56. The minimum atomic E-state index is -1.02. The molecule has 0 unspecified atom stereocenters. The highest BCUT2D eigenvalue weighted by molar-refractivity contribution is 5.92. The summed E-state index contributed by atoms with van der Waals surface area (Å²) in [5, 5.41) is 20.9. The third kappa shape index (κ3) is 7.37. The van der Waals surface area contributed by atoms with Gasteiger partial charge in [-0.2, -0.15) is 0 Å². The molecule has 0 aliphatic heterocycles. The molecule has 1 amide bonds. The molecule has 0 aliphatic rings. The normalized spacial score (nSPS) is 13.0. The van der Waals surface area contributed by atoms with Gasteiger partial charge in [0.25, 0.3) is 0 Å². The van der Waals surface area contributed by atoms with E-state index < -0.39 is 17.9 Å². The van der Waals surface area contributed by atoms with Crippen LogP contribution in [0.3, 0.4) is 0 Å². The molecule has 25 heavy (non-hydrogen) atoms. The number of hydrogen-bond donors (Lipinski definition) is 3. The third-order valence-electron chi connectivity index (χ3n) is 4.37. The number of aromatic carboxylic acids is 1. The van der Waals surface area contributed by atoms with E-state index >= 15 is 0 Å². The van der Waals surface area contributed by atoms with E-state index in [9.17, 15) is 19.5 Å². The van der Waals surface area contributed by atoms with Crippen molar-refractivity contribution in [3.8, 4) is 0 Å². The Bertz CT molecular complexity index is 582. The summed E-state index contributed by atoms with van der Waals surface area (Å²) in [6.45, 7) is 3.95. The summed E-state index contributed by atoms with van der Waals surface area (Å²) < 4.78 is 0. The number of rotatable bonds is 11. The number of anilines is 1. The maximum atomic E-state index is 12.0. The van der Waals surface area contributed by atoms with Gasteiger partial charge in [-0.25, -0.2) is 4.79 Å². The topological polar surface area (TPSA) is 104 Å². The fourth-order valence-electron chi connectivity index (χ4n) is 2.75. The molecule has 1 rings (SSSR count). The first kappa shape index (κ1) is 20.7. The molecule has 0 bridgehead atoms. The predicted octanol–water partition coefficient (Wildman–Crippen LogP) is 4.02. The lowest BCUT2D eigenvalue weighted by molar-refractivity contribution is -0.144. The largest absolute Gasteiger partial charge is 0.481 e. The van der Waals surface area contributed by atoms with Gasteiger partial charge in [-0.05, 0) is 43.0 Å². The van der Waals surface area contributed by atoms with E-state index in [-0.39, 0.29) is 23.8 Å². The van der Waals surface area contributed by atoms with Crippen molar-refractivity contribution in [2.45, 2.75) is 52.4 Å². The van der Waals surface area contributed by atoms with Crippen LogP contribution in [-0.2, 0) is 9.59 Å². The minimum Gasteiger partial charge on any atom is -0.481 e. The molecule has 6 nitrogen and oxygen atoms in total. The highest BCUT2D eigenvalue weighted by Crippen LogP contribution is 2.24. The summed E-state index contributed by atoms with van der Waals surface area (Å²) in [6.07, 6.45) is 4.33. The number of carbonyl (C=O) groups excluding carboxylic acids is 1. The summed E-state index contributed by atoms with van der Waals surface area (Å²) in [5.41, 5.74) is 0.684. The predicted molar refractivity (Wildman–Crippen MR) is 95.7 cm³/mol. The number of amides is 1. The van der Waals surface area contributed by atoms with Gasteiger partial charge in [0.15, 0.2) is 0 Å². The van der Waals surface area contributed by atoms with E-state index in [2.05, 4.69) is 12.2 Å². The number of benzene rings is 1. The molecule has 0 aliphatic carbocycles. The monoisotopic (exact) mass is 349 g/mol. The van der Waals surface area contributed by atoms with Crippen molar-refractivity contribution in [2.75, 3.05) is 5.32 Å². The fourth-order valence-corrected chi connectivity index (χ4v) is 2.75. The third-order valence-corrected chi connectivity index (χ3v) is 4.37. The van der Waals surface area contributed by atoms with Crippen LogP contribution in [0.4, 0.5) is 5.69 Å². The van der Waals surface area contributed by atoms with Gasteiger partial charge in [-0.1, -0.05) is 33.1 Å². The minimum absolute atomic E-state index is 0.0745. The van der Waals surface area contributed by atoms with Crippen LogP contribution in [0.25, 0.3) is 0 Å². The van der Waals surface area contributed by atoms with Crippen LogP contribution in [0.15, 0.2) is 24.3 Å². The molecule has 1 aromatic rings. The number of carboxylic acids is 2. The molecule has 0 spiro atoms. The molecule has 0 saturated heterocycles. The van der Waals surface area contributed by atoms with Crippen LogP contribution < -0.4 is 5.32 Å². The second-order valence-corrected chi connectivity index (χ2v) is 6.39. The van der Waals surface area contributed by atoms with Crippen LogP contribution in [-0.4, -0.2) is 28.1 Å². The highest BCUT2D eigenvalue weighted by Gasteiger charge is 2.24. The summed E-state index contributed by atoms with van der Waals surface area (Å²) in [5.74, 6) is -2.51. The summed E-state index contributed by atoms with van der Waals surface area (Å²) >= 11 is 0. The van der Waals surface area contributed by atoms with Gasteiger partial charge >= 0.3 is 11.9 Å². The van der Waals surface area contributed by atoms with E-state index in [1.165, 1.54) is 24.3 Å². The van der Waals surface area contributed by atoms with Crippen LogP contribution in [0.5, 0.6) is 0 Å². The number of hydrogen-bond acceptors (Lipinski definition) is 3. The molecule has 0 heterocycles. The molecular weight excluding hydrogens is 322 g/mol. The van der Waals surface area contributed by atoms with Gasteiger partial charge in [0.1, 0.15) is 0 Å². The Labute approximate surface area is 148 Å². The molecule has 3 N–H and O–H groups in total. The summed E-state index contributed by atoms with van der Waals surface area (Å²) in [6, 6.07) is 5.93. The Kier molecular flexibility index (Phi) is 8.67. The van der Waals surface area contributed by atoms with Crippen LogP contribution >= 0.6 is 0 Å². The Hall–Kier alpha value is -2.37. The first-order valence-electron chi connectivity index (χ1n) is 8.71. The number of aliphatic carboxylic acids is 1. The maximum Gasteiger partial charge on any atom is 0.335 e. The molecular formula is C19H27NO5. The molecule has 0 radical (unpaired) electrons. The zero-order valence-electron chi connectivity index (χ0n) is 14.8. The van der Waals surface area contributed by atoms with Crippen LogP contribution in [0, 0.1) is 11.8 Å². The maximum absolute atomic E-state index is 12.0. The number of carbonyl (C=O) groups is 3. The van der Waals surface area contributed by atoms with Crippen molar-refractivity contribution in [3.63, 3.8) is 0 Å². The van der Waals surface area contributed by atoms with Crippen LogP contribution in [0.2, 0.25) is 0 Å². The standard InChI is InChI=1S/C19H27NO5/c1-3-4-5-6-16(19(24)25)13(2)7-12-17(21)20-15-10-8-14(9-11-15)18(22)23/h8-11,13,16H,3-7,12H2,1-2H3,(H,20,21)(H,22,23)(H,24,25)/t13-,16+/m1/s1. The number of nitrogens with one attached hydrogen (secondary N) is 1. The summed E-state index contributed by atoms with van der Waals surface area (Å²) in [7, 11) is 0. The van der Waals surface area contributed by atoms with Crippen molar-refractivity contribution >= 4 is 23.5 Å². The van der Waals surface area contributed by atoms with Crippen molar-refractivity contribution in [1.29, 1.82) is 0 Å². The SMILES string of the molecule is CCCCC[C@H](C(=O)O)[C@H](C)CCC(=O)Nc1ccc(C(=O)O)cc1. The molecule has 2 atom stereocenters. The molecule has 6 heteroatoms. The van der Waals surface area contributed by atoms with E-state index in [0.29, 0.717) is 18.5 Å². The molecule has 138 valence electrons. The first-order valence-corrected chi connectivity index (χ1v) is 8.71. The van der Waals surface area contributed by atoms with E-state index in [0.717, 1.165) is 19.3 Å². The van der Waals surface area contributed by atoms with Crippen molar-refractivity contribution < 1.29 is 24.6 Å². The van der Waals surface area contributed by atoms with Crippen molar-refractivity contribution in [3.05, 3.63) is 29.8 Å². The molecule has 0 aromatic heterocycles. The molecule has 1 aromatic carbocycles. The quantitative estimate of drug-likeness (QED) is 0.523. The van der Waals surface area contributed by atoms with Crippen LogP contribution in [0.1, 0.15) is 62.7 Å². The van der Waals surface area contributed by atoms with Gasteiger partial charge in [0.05, 0.1) is 11.5 Å². The lowest BCUT2D eigenvalue weighted by Gasteiger charge is -2.20. The van der Waals surface area contributed by atoms with E-state index in [4.69, 9.17) is 5.11 Å². The highest BCUT2D eigenvalue weighted by atomic mass is 16.4. The molecule has 0 saturated carbocycles. The van der Waals surface area contributed by atoms with E-state index in [1.54, 1.807) is 0 Å². The average molecular weight is 349 g/mol. The summed E-state index contributed by atoms with van der Waals surface area (Å²) in [4.78, 5) is 34.2. The zero-order chi connectivity index (χ0) is 18.8. The second-order valence-electron chi connectivity index (χ2n) is 6.39. The second kappa shape index (κ2) is 10.5. The number of carboxylic acid groups (broad SMARTS) is 2. The zero-order valence-corrected chi connectivity index (χ0v) is 14.8. The Morgan fingerprint density at radius 1 is 1.04 bits per heavy atom. The Morgan fingerprint density at radius 2 is 1.68 bits per heavy atom. The fraction of sp³-hybridized carbons (Fsp3) is 0.526. The molecule has 0 fully saturated rings. The van der Waals surface area contributed by atoms with Crippen molar-refractivity contribution in [2.24, 2.45) is 11.8 Å². The Balaban J connectivity index is 2.47. The van der Waals surface area contributed by atoms with E-state index in [1.807, 2.05) is 6.92 Å². The smallest absolute Gasteiger partial charge is 0.335 e. The van der Waals surface area contributed by atoms with Gasteiger partial charge in [0, 0.05) is 12.1 Å². The first-order chi connectivity index (χ1) is 11.8. The van der Waals surface area contributed by atoms with Gasteiger partial charge in [-0.3, -0.25) is 9.59 Å². The lowest BCUT2D eigenvalue weighted by Crippen LogP contribution is -2.23.